The zero-order chi connectivity index (χ0) is 46.6. The van der Waals surface area contributed by atoms with Gasteiger partial charge in [0.2, 0.25) is 0 Å². The first-order chi connectivity index (χ1) is 35.2. The average Bonchev–Trinajstić information content (AvgIpc) is 4.09. The maximum absolute atomic E-state index is 6.96. The van der Waals surface area contributed by atoms with Gasteiger partial charge in [-0.2, -0.15) is 0 Å². The Morgan fingerprint density at radius 1 is 0.296 bits per heavy atom. The first kappa shape index (κ1) is 39.4. The highest BCUT2D eigenvalue weighted by Gasteiger charge is 2.24. The summed E-state index contributed by atoms with van der Waals surface area (Å²) in [6, 6.07) is 83.9. The van der Waals surface area contributed by atoms with Gasteiger partial charge in [0.1, 0.15) is 11.2 Å². The highest BCUT2D eigenvalue weighted by Crippen LogP contribution is 2.43. The fraction of sp³-hybridized carbons (Fsp3) is 0. The lowest BCUT2D eigenvalue weighted by atomic mass is 10.0. The smallest absolute Gasteiger partial charge is 0.166 e. The fourth-order valence-electron chi connectivity index (χ4n) is 11.0. The van der Waals surface area contributed by atoms with E-state index in [1.165, 1.54) is 21.5 Å². The quantitative estimate of drug-likeness (QED) is 0.167. The standard InChI is InChI=1S/C65H39N5O/c1-3-15-40(16-4-1)41-27-29-43(30-28-41)63-66-64(46-32-34-58-52(36-46)49-23-11-13-25-56(49)69(58)47-20-5-2-6-21-47)68-65(67-63)55-39-61-54(51-33-31-42-17-9-10-22-48(42)62(51)71-61)38-60(55)70-57-26-14-12-24-50(57)53-35-44-18-7-8-19-45(44)37-59(53)70/h1-39H. The molecule has 4 aromatic heterocycles. The van der Waals surface area contributed by atoms with Gasteiger partial charge in [-0.25, -0.2) is 15.0 Å². The molecule has 71 heavy (non-hydrogen) atoms. The molecule has 6 nitrogen and oxygen atoms in total. The van der Waals surface area contributed by atoms with E-state index in [9.17, 15) is 0 Å². The molecule has 15 aromatic rings. The lowest BCUT2D eigenvalue weighted by molar-refractivity contribution is 0.672. The van der Waals surface area contributed by atoms with E-state index in [2.05, 4.69) is 240 Å². The van der Waals surface area contributed by atoms with Crippen molar-refractivity contribution < 1.29 is 4.42 Å². The molecule has 330 valence electrons. The van der Waals surface area contributed by atoms with Crippen LogP contribution in [0.2, 0.25) is 0 Å². The van der Waals surface area contributed by atoms with Crippen LogP contribution < -0.4 is 0 Å². The molecule has 0 aliphatic heterocycles. The summed E-state index contributed by atoms with van der Waals surface area (Å²) in [6.07, 6.45) is 0. The van der Waals surface area contributed by atoms with Gasteiger partial charge in [-0.15, -0.1) is 0 Å². The van der Waals surface area contributed by atoms with Gasteiger partial charge in [-0.1, -0.05) is 164 Å². The number of rotatable bonds is 6. The van der Waals surface area contributed by atoms with Crippen molar-refractivity contribution in [1.82, 2.24) is 24.1 Å². The van der Waals surface area contributed by atoms with E-state index in [1.54, 1.807) is 0 Å². The maximum atomic E-state index is 6.96. The molecular formula is C65H39N5O. The highest BCUT2D eigenvalue weighted by atomic mass is 16.3. The topological polar surface area (TPSA) is 61.7 Å². The van der Waals surface area contributed by atoms with Gasteiger partial charge in [0.25, 0.3) is 0 Å². The number of benzene rings is 11. The Hall–Kier alpha value is -9.65. The van der Waals surface area contributed by atoms with Crippen LogP contribution >= 0.6 is 0 Å². The zero-order valence-electron chi connectivity index (χ0n) is 38.2. The summed E-state index contributed by atoms with van der Waals surface area (Å²) in [5, 5.41) is 11.2. The summed E-state index contributed by atoms with van der Waals surface area (Å²) < 4.78 is 11.7. The Bertz CT molecular complexity index is 4620. The summed E-state index contributed by atoms with van der Waals surface area (Å²) in [5.74, 6) is 1.69. The molecule has 0 aliphatic rings. The van der Waals surface area contributed by atoms with Crippen LogP contribution in [-0.2, 0) is 0 Å². The van der Waals surface area contributed by atoms with E-state index in [0.717, 1.165) is 105 Å². The van der Waals surface area contributed by atoms with Gasteiger partial charge in [0.15, 0.2) is 17.5 Å². The SMILES string of the molecule is c1ccc(-c2ccc(-c3nc(-c4ccc5c(c4)c4ccccc4n5-c4ccccc4)nc(-c4cc5oc6c7ccccc7ccc6c5cc4-n4c5ccccc5c5cc6ccccc6cc54)n3)cc2)cc1. The van der Waals surface area contributed by atoms with E-state index in [1.807, 2.05) is 6.07 Å². The molecule has 0 aliphatic carbocycles. The Morgan fingerprint density at radius 3 is 1.61 bits per heavy atom. The molecule has 0 radical (unpaired) electrons. The van der Waals surface area contributed by atoms with Crippen molar-refractivity contribution in [2.75, 3.05) is 0 Å². The average molecular weight is 906 g/mol. The number of nitrogens with zero attached hydrogens (tertiary/aromatic N) is 5. The van der Waals surface area contributed by atoms with Crippen molar-refractivity contribution >= 4 is 87.1 Å². The number of hydrogen-bond donors (Lipinski definition) is 0. The molecule has 4 heterocycles. The Morgan fingerprint density at radius 2 is 0.845 bits per heavy atom. The fourth-order valence-corrected chi connectivity index (χ4v) is 11.0. The van der Waals surface area contributed by atoms with E-state index in [0.29, 0.717) is 17.5 Å². The molecule has 0 atom stereocenters. The Balaban J connectivity index is 1.03. The van der Waals surface area contributed by atoms with Crippen LogP contribution in [0.5, 0.6) is 0 Å². The first-order valence-corrected chi connectivity index (χ1v) is 24.0. The molecule has 0 bridgehead atoms. The van der Waals surface area contributed by atoms with Gasteiger partial charge in [-0.3, -0.25) is 0 Å². The molecule has 0 spiro atoms. The molecule has 0 amide bonds. The minimum Gasteiger partial charge on any atom is -0.455 e. The second-order valence-corrected chi connectivity index (χ2v) is 18.4. The molecule has 0 unspecified atom stereocenters. The summed E-state index contributed by atoms with van der Waals surface area (Å²) in [5.41, 5.74) is 12.9. The van der Waals surface area contributed by atoms with Gasteiger partial charge in [-0.05, 0) is 100 Å². The third-order valence-corrected chi connectivity index (χ3v) is 14.3. The van der Waals surface area contributed by atoms with Crippen LogP contribution in [0.3, 0.4) is 0 Å². The van der Waals surface area contributed by atoms with Gasteiger partial charge in [0, 0.05) is 60.1 Å². The van der Waals surface area contributed by atoms with E-state index >= 15 is 0 Å². The summed E-state index contributed by atoms with van der Waals surface area (Å²) in [7, 11) is 0. The monoisotopic (exact) mass is 905 g/mol. The number of fused-ring (bicyclic) bond motifs is 12. The van der Waals surface area contributed by atoms with Crippen molar-refractivity contribution in [2.45, 2.75) is 0 Å². The normalized spacial score (nSPS) is 11.9. The molecule has 6 heteroatoms. The number of para-hydroxylation sites is 3. The minimum absolute atomic E-state index is 0.540. The van der Waals surface area contributed by atoms with Crippen molar-refractivity contribution in [1.29, 1.82) is 0 Å². The molecule has 11 aromatic carbocycles. The third kappa shape index (κ3) is 6.18. The highest BCUT2D eigenvalue weighted by molar-refractivity contribution is 6.18. The lowest BCUT2D eigenvalue weighted by Gasteiger charge is -2.15. The van der Waals surface area contributed by atoms with Gasteiger partial charge >= 0.3 is 0 Å². The lowest BCUT2D eigenvalue weighted by Crippen LogP contribution is -2.04. The van der Waals surface area contributed by atoms with Crippen molar-refractivity contribution in [2.24, 2.45) is 0 Å². The summed E-state index contributed by atoms with van der Waals surface area (Å²) in [4.78, 5) is 16.3. The van der Waals surface area contributed by atoms with Crippen molar-refractivity contribution in [3.05, 3.63) is 237 Å². The minimum atomic E-state index is 0.540. The number of aromatic nitrogens is 5. The third-order valence-electron chi connectivity index (χ3n) is 14.3. The summed E-state index contributed by atoms with van der Waals surface area (Å²) in [6.45, 7) is 0. The Kier molecular flexibility index (Phi) is 8.56. The maximum Gasteiger partial charge on any atom is 0.166 e. The number of hydrogen-bond acceptors (Lipinski definition) is 4. The molecule has 15 rings (SSSR count). The van der Waals surface area contributed by atoms with Crippen molar-refractivity contribution in [3.63, 3.8) is 0 Å². The predicted molar refractivity (Wildman–Crippen MR) is 293 cm³/mol. The first-order valence-electron chi connectivity index (χ1n) is 24.0. The van der Waals surface area contributed by atoms with Gasteiger partial charge < -0.3 is 13.6 Å². The second-order valence-electron chi connectivity index (χ2n) is 18.4. The number of furan rings is 1. The second kappa shape index (κ2) is 15.4. The van der Waals surface area contributed by atoms with Crippen LogP contribution in [0, 0.1) is 0 Å². The molecular weight excluding hydrogens is 867 g/mol. The van der Waals surface area contributed by atoms with E-state index in [-0.39, 0.29) is 0 Å². The van der Waals surface area contributed by atoms with Crippen LogP contribution in [0.4, 0.5) is 0 Å². The summed E-state index contributed by atoms with van der Waals surface area (Å²) >= 11 is 0. The van der Waals surface area contributed by atoms with Crippen LogP contribution in [0.15, 0.2) is 241 Å². The van der Waals surface area contributed by atoms with E-state index in [4.69, 9.17) is 19.4 Å². The van der Waals surface area contributed by atoms with Crippen LogP contribution in [-0.4, -0.2) is 24.1 Å². The predicted octanol–water partition coefficient (Wildman–Crippen LogP) is 16.9. The zero-order valence-corrected chi connectivity index (χ0v) is 38.2. The van der Waals surface area contributed by atoms with E-state index < -0.39 is 0 Å². The van der Waals surface area contributed by atoms with Crippen LogP contribution in [0.25, 0.3) is 144 Å². The van der Waals surface area contributed by atoms with Crippen LogP contribution in [0.1, 0.15) is 0 Å². The molecule has 0 saturated carbocycles. The van der Waals surface area contributed by atoms with Crippen molar-refractivity contribution in [3.8, 4) is 56.7 Å². The molecule has 0 fully saturated rings. The molecule has 0 saturated heterocycles. The largest absolute Gasteiger partial charge is 0.455 e. The van der Waals surface area contributed by atoms with Gasteiger partial charge in [0.05, 0.1) is 27.8 Å². The molecule has 0 N–H and O–H groups in total. The Labute approximate surface area is 407 Å².